The van der Waals surface area contributed by atoms with Gasteiger partial charge in [0, 0.05) is 12.1 Å². The maximum Gasteiger partial charge on any atom is 0.433 e. The molecule has 0 saturated carbocycles. The van der Waals surface area contributed by atoms with Crippen LogP contribution in [-0.2, 0) is 11.0 Å². The molecule has 0 atom stereocenters. The highest BCUT2D eigenvalue weighted by Gasteiger charge is 2.33. The zero-order valence-electron chi connectivity index (χ0n) is 12.9. The Bertz CT molecular complexity index is 693. The summed E-state index contributed by atoms with van der Waals surface area (Å²) in [5.74, 6) is -0.292. The number of hydrogen-bond acceptors (Lipinski definition) is 4. The van der Waals surface area contributed by atoms with Crippen LogP contribution in [0.4, 0.5) is 13.2 Å². The minimum Gasteiger partial charge on any atom is -0.355 e. The van der Waals surface area contributed by atoms with Crippen LogP contribution in [0.15, 0.2) is 41.6 Å². The van der Waals surface area contributed by atoms with E-state index < -0.39 is 11.9 Å². The second-order valence-electron chi connectivity index (χ2n) is 4.92. The Labute approximate surface area is 141 Å². The molecule has 0 aliphatic heterocycles. The van der Waals surface area contributed by atoms with Gasteiger partial charge in [-0.05, 0) is 12.5 Å². The predicted octanol–water partition coefficient (Wildman–Crippen LogP) is 3.78. The summed E-state index contributed by atoms with van der Waals surface area (Å²) in [4.78, 5) is 19.3. The van der Waals surface area contributed by atoms with E-state index in [9.17, 15) is 18.0 Å². The van der Waals surface area contributed by atoms with Crippen LogP contribution in [0.3, 0.4) is 0 Å². The highest BCUT2D eigenvalue weighted by atomic mass is 32.2. The maximum atomic E-state index is 13.1. The fraction of sp³-hybridized carbons (Fsp3) is 0.312. The van der Waals surface area contributed by atoms with Gasteiger partial charge in [0.2, 0.25) is 5.91 Å². The molecule has 1 aromatic carbocycles. The number of carbonyl (C=O) groups is 1. The summed E-state index contributed by atoms with van der Waals surface area (Å²) >= 11 is 0.884. The topological polar surface area (TPSA) is 54.9 Å². The van der Waals surface area contributed by atoms with Crippen molar-refractivity contribution in [1.82, 2.24) is 15.3 Å². The summed E-state index contributed by atoms with van der Waals surface area (Å²) in [5.41, 5.74) is -0.287. The number of rotatable bonds is 6. The van der Waals surface area contributed by atoms with E-state index in [2.05, 4.69) is 15.3 Å². The number of alkyl halides is 3. The van der Waals surface area contributed by atoms with E-state index in [-0.39, 0.29) is 22.5 Å². The van der Waals surface area contributed by atoms with Crippen molar-refractivity contribution in [2.24, 2.45) is 0 Å². The quantitative estimate of drug-likeness (QED) is 0.633. The Morgan fingerprint density at radius 3 is 2.54 bits per heavy atom. The van der Waals surface area contributed by atoms with E-state index >= 15 is 0 Å². The second kappa shape index (κ2) is 8.14. The van der Waals surface area contributed by atoms with Crippen LogP contribution in [0.5, 0.6) is 0 Å². The van der Waals surface area contributed by atoms with Crippen LogP contribution >= 0.6 is 11.8 Å². The summed E-state index contributed by atoms with van der Waals surface area (Å²) in [5, 5.41) is 2.58. The number of amides is 1. The van der Waals surface area contributed by atoms with Gasteiger partial charge in [-0.3, -0.25) is 4.79 Å². The minimum absolute atomic E-state index is 0.0322. The van der Waals surface area contributed by atoms with Crippen molar-refractivity contribution < 1.29 is 18.0 Å². The molecular weight excluding hydrogens is 339 g/mol. The van der Waals surface area contributed by atoms with Gasteiger partial charge in [-0.1, -0.05) is 49.0 Å². The molecule has 0 saturated heterocycles. The van der Waals surface area contributed by atoms with Gasteiger partial charge in [-0.25, -0.2) is 9.97 Å². The van der Waals surface area contributed by atoms with Crippen molar-refractivity contribution in [2.45, 2.75) is 24.7 Å². The molecule has 1 heterocycles. The molecule has 1 amide bonds. The molecule has 2 rings (SSSR count). The van der Waals surface area contributed by atoms with Crippen molar-refractivity contribution in [3.05, 3.63) is 42.1 Å². The number of halogens is 3. The molecule has 1 N–H and O–H groups in total. The Morgan fingerprint density at radius 1 is 1.21 bits per heavy atom. The number of hydrogen-bond donors (Lipinski definition) is 1. The molecule has 0 radical (unpaired) electrons. The average Bonchev–Trinajstić information content (AvgIpc) is 2.58. The first kappa shape index (κ1) is 18.3. The van der Waals surface area contributed by atoms with Crippen molar-refractivity contribution in [1.29, 1.82) is 0 Å². The number of nitrogens with zero attached hydrogens (tertiary/aromatic N) is 2. The summed E-state index contributed by atoms with van der Waals surface area (Å²) in [6.07, 6.45) is -3.79. The Morgan fingerprint density at radius 2 is 1.92 bits per heavy atom. The Balaban J connectivity index is 2.25. The van der Waals surface area contributed by atoms with Crippen molar-refractivity contribution in [2.75, 3.05) is 12.3 Å². The smallest absolute Gasteiger partial charge is 0.355 e. The molecule has 0 unspecified atom stereocenters. The van der Waals surface area contributed by atoms with Crippen LogP contribution in [0.25, 0.3) is 11.3 Å². The first-order valence-electron chi connectivity index (χ1n) is 7.31. The van der Waals surface area contributed by atoms with Crippen LogP contribution in [0.2, 0.25) is 0 Å². The molecule has 2 aromatic rings. The van der Waals surface area contributed by atoms with E-state index in [0.29, 0.717) is 12.1 Å². The normalized spacial score (nSPS) is 11.3. The molecule has 0 spiro atoms. The third kappa shape index (κ3) is 5.23. The van der Waals surface area contributed by atoms with Gasteiger partial charge in [0.1, 0.15) is 5.69 Å². The molecule has 1 aromatic heterocycles. The van der Waals surface area contributed by atoms with Gasteiger partial charge >= 0.3 is 6.18 Å². The molecule has 24 heavy (non-hydrogen) atoms. The maximum absolute atomic E-state index is 13.1. The lowest BCUT2D eigenvalue weighted by Gasteiger charge is -2.10. The summed E-state index contributed by atoms with van der Waals surface area (Å²) < 4.78 is 39.2. The SMILES string of the molecule is CCCNC(=O)CSc1nc(-c2ccccc2)cc(C(F)(F)F)n1. The zero-order valence-corrected chi connectivity index (χ0v) is 13.7. The van der Waals surface area contributed by atoms with Crippen molar-refractivity contribution >= 4 is 17.7 Å². The third-order valence-electron chi connectivity index (χ3n) is 2.97. The fourth-order valence-corrected chi connectivity index (χ4v) is 2.53. The van der Waals surface area contributed by atoms with Crippen LogP contribution in [-0.4, -0.2) is 28.2 Å². The number of carbonyl (C=O) groups excluding carboxylic acids is 1. The van der Waals surface area contributed by atoms with Crippen LogP contribution in [0.1, 0.15) is 19.0 Å². The third-order valence-corrected chi connectivity index (χ3v) is 3.82. The van der Waals surface area contributed by atoms with E-state index in [1.165, 1.54) is 0 Å². The number of thioether (sulfide) groups is 1. The van der Waals surface area contributed by atoms with Gasteiger partial charge in [0.15, 0.2) is 5.16 Å². The van der Waals surface area contributed by atoms with Crippen molar-refractivity contribution in [3.8, 4) is 11.3 Å². The lowest BCUT2D eigenvalue weighted by Crippen LogP contribution is -2.25. The largest absolute Gasteiger partial charge is 0.433 e. The van der Waals surface area contributed by atoms with E-state index in [1.807, 2.05) is 6.92 Å². The summed E-state index contributed by atoms with van der Waals surface area (Å²) in [6, 6.07) is 9.46. The fourth-order valence-electron chi connectivity index (χ4n) is 1.84. The summed E-state index contributed by atoms with van der Waals surface area (Å²) in [7, 11) is 0. The number of nitrogens with one attached hydrogen (secondary N) is 1. The summed E-state index contributed by atoms with van der Waals surface area (Å²) in [6.45, 7) is 2.44. The van der Waals surface area contributed by atoms with E-state index in [4.69, 9.17) is 0 Å². The number of benzene rings is 1. The molecule has 0 aliphatic carbocycles. The lowest BCUT2D eigenvalue weighted by atomic mass is 10.1. The van der Waals surface area contributed by atoms with E-state index in [0.717, 1.165) is 24.2 Å². The van der Waals surface area contributed by atoms with Crippen LogP contribution in [0, 0.1) is 0 Å². The molecule has 0 bridgehead atoms. The minimum atomic E-state index is -4.58. The van der Waals surface area contributed by atoms with Gasteiger partial charge in [-0.2, -0.15) is 13.2 Å². The highest BCUT2D eigenvalue weighted by molar-refractivity contribution is 7.99. The van der Waals surface area contributed by atoms with Gasteiger partial charge < -0.3 is 5.32 Å². The lowest BCUT2D eigenvalue weighted by molar-refractivity contribution is -0.141. The van der Waals surface area contributed by atoms with Crippen LogP contribution < -0.4 is 5.32 Å². The van der Waals surface area contributed by atoms with Crippen molar-refractivity contribution in [3.63, 3.8) is 0 Å². The molecule has 4 nitrogen and oxygen atoms in total. The van der Waals surface area contributed by atoms with Gasteiger partial charge in [-0.15, -0.1) is 0 Å². The Hall–Kier alpha value is -2.09. The first-order chi connectivity index (χ1) is 11.4. The molecular formula is C16H16F3N3OS. The van der Waals surface area contributed by atoms with Gasteiger partial charge in [0.05, 0.1) is 11.4 Å². The monoisotopic (exact) mass is 355 g/mol. The predicted molar refractivity (Wildman–Crippen MR) is 86.5 cm³/mol. The average molecular weight is 355 g/mol. The molecule has 0 fully saturated rings. The van der Waals surface area contributed by atoms with Gasteiger partial charge in [0.25, 0.3) is 0 Å². The molecule has 128 valence electrons. The molecule has 8 heteroatoms. The Kier molecular flexibility index (Phi) is 6.19. The second-order valence-corrected chi connectivity index (χ2v) is 5.87. The highest BCUT2D eigenvalue weighted by Crippen LogP contribution is 2.31. The van der Waals surface area contributed by atoms with E-state index in [1.54, 1.807) is 30.3 Å². The first-order valence-corrected chi connectivity index (χ1v) is 8.30. The number of aromatic nitrogens is 2. The molecule has 0 aliphatic rings. The zero-order chi connectivity index (χ0) is 17.6. The standard InChI is InChI=1S/C16H16F3N3OS/c1-2-8-20-14(23)10-24-15-21-12(11-6-4-3-5-7-11)9-13(22-15)16(17,18)19/h3-7,9H,2,8,10H2,1H3,(H,20,23).